The summed E-state index contributed by atoms with van der Waals surface area (Å²) in [6, 6.07) is 4.93. The Hall–Kier alpha value is -1.14. The van der Waals surface area contributed by atoms with Gasteiger partial charge in [0.1, 0.15) is 18.0 Å². The van der Waals surface area contributed by atoms with Crippen LogP contribution in [0.5, 0.6) is 5.75 Å². The number of halogens is 2. The van der Waals surface area contributed by atoms with E-state index in [1.165, 1.54) is 0 Å². The normalized spacial score (nSPS) is 23.7. The van der Waals surface area contributed by atoms with E-state index in [9.17, 15) is 9.18 Å². The van der Waals surface area contributed by atoms with Crippen LogP contribution in [0.4, 0.5) is 4.39 Å². The highest BCUT2D eigenvalue weighted by atomic mass is 79.9. The van der Waals surface area contributed by atoms with Crippen molar-refractivity contribution in [2.75, 3.05) is 13.1 Å². The Kier molecular flexibility index (Phi) is 4.19. The second kappa shape index (κ2) is 5.67. The molecule has 0 aromatic heterocycles. The molecule has 18 heavy (non-hydrogen) atoms. The van der Waals surface area contributed by atoms with Crippen LogP contribution in [0.1, 0.15) is 16.8 Å². The average molecular weight is 317 g/mol. The zero-order chi connectivity index (χ0) is 13.1. The molecule has 1 saturated heterocycles. The highest BCUT2D eigenvalue weighted by molar-refractivity contribution is 9.10. The molecule has 2 rings (SSSR count). The molecule has 6 heteroatoms. The second-order valence-corrected chi connectivity index (χ2v) is 5.09. The third kappa shape index (κ3) is 3.00. The van der Waals surface area contributed by atoms with Crippen LogP contribution in [0.25, 0.3) is 0 Å². The van der Waals surface area contributed by atoms with Gasteiger partial charge in [-0.2, -0.15) is 0 Å². The van der Waals surface area contributed by atoms with E-state index < -0.39 is 18.2 Å². The lowest BCUT2D eigenvalue weighted by Crippen LogP contribution is -2.44. The fourth-order valence-corrected chi connectivity index (χ4v) is 2.25. The molecule has 0 aliphatic carbocycles. The van der Waals surface area contributed by atoms with Crippen molar-refractivity contribution < 1.29 is 13.9 Å². The minimum Gasteiger partial charge on any atom is -0.486 e. The van der Waals surface area contributed by atoms with Crippen molar-refractivity contribution in [2.45, 2.75) is 18.7 Å². The van der Waals surface area contributed by atoms with Crippen LogP contribution in [0.15, 0.2) is 22.7 Å². The number of benzene rings is 1. The van der Waals surface area contributed by atoms with Crippen molar-refractivity contribution in [3.8, 4) is 5.75 Å². The molecule has 1 aliphatic heterocycles. The number of rotatable bonds is 3. The number of alkyl halides is 1. The molecule has 1 aliphatic rings. The number of primary amides is 1. The predicted octanol–water partition coefficient (Wildman–Crippen LogP) is 1.63. The lowest BCUT2D eigenvalue weighted by atomic mass is 10.1. The molecule has 0 spiro atoms. The van der Waals surface area contributed by atoms with E-state index in [1.54, 1.807) is 18.2 Å². The van der Waals surface area contributed by atoms with Gasteiger partial charge in [-0.05, 0) is 31.2 Å². The summed E-state index contributed by atoms with van der Waals surface area (Å²) in [6.45, 7) is 0.973. The number of carbonyl (C=O) groups excluding carboxylic acids is 1. The van der Waals surface area contributed by atoms with E-state index in [0.29, 0.717) is 18.7 Å². The number of hydrogen-bond donors (Lipinski definition) is 2. The number of piperidine rings is 1. The van der Waals surface area contributed by atoms with Crippen LogP contribution in [-0.2, 0) is 0 Å². The van der Waals surface area contributed by atoms with Crippen LogP contribution in [0, 0.1) is 0 Å². The first kappa shape index (κ1) is 13.3. The Morgan fingerprint density at radius 1 is 1.56 bits per heavy atom. The third-order valence-corrected chi connectivity index (χ3v) is 3.33. The van der Waals surface area contributed by atoms with Gasteiger partial charge in [0.25, 0.3) is 5.91 Å². The molecule has 1 aromatic rings. The van der Waals surface area contributed by atoms with Gasteiger partial charge >= 0.3 is 0 Å². The maximum absolute atomic E-state index is 13.6. The van der Waals surface area contributed by atoms with Gasteiger partial charge in [0.2, 0.25) is 0 Å². The van der Waals surface area contributed by atoms with Crippen LogP contribution >= 0.6 is 15.9 Å². The number of nitrogens with one attached hydrogen (secondary N) is 1. The molecule has 1 heterocycles. The fraction of sp³-hybridized carbons (Fsp3) is 0.417. The van der Waals surface area contributed by atoms with Crippen molar-refractivity contribution in [1.29, 1.82) is 0 Å². The van der Waals surface area contributed by atoms with E-state index in [1.807, 2.05) is 0 Å². The standard InChI is InChI=1S/C12H14BrFN2O2/c13-7-1-2-10(8(5-7)12(15)17)18-11-3-4-16-6-9(11)14/h1-2,5,9,11,16H,3-4,6H2,(H2,15,17)/t9-,11-/m1/s1. The largest absolute Gasteiger partial charge is 0.486 e. The molecule has 98 valence electrons. The van der Waals surface area contributed by atoms with E-state index in [4.69, 9.17) is 10.5 Å². The zero-order valence-corrected chi connectivity index (χ0v) is 11.2. The van der Waals surface area contributed by atoms with Gasteiger partial charge in [0, 0.05) is 11.0 Å². The predicted molar refractivity (Wildman–Crippen MR) is 69.5 cm³/mol. The molecule has 1 fully saturated rings. The van der Waals surface area contributed by atoms with Gasteiger partial charge in [-0.1, -0.05) is 15.9 Å². The molecular formula is C12H14BrFN2O2. The average Bonchev–Trinajstić information content (AvgIpc) is 2.34. The van der Waals surface area contributed by atoms with Gasteiger partial charge in [-0.3, -0.25) is 4.79 Å². The maximum atomic E-state index is 13.6. The van der Waals surface area contributed by atoms with Gasteiger partial charge < -0.3 is 15.8 Å². The Bertz CT molecular complexity index is 456. The van der Waals surface area contributed by atoms with Crippen LogP contribution in [0.3, 0.4) is 0 Å². The second-order valence-electron chi connectivity index (χ2n) is 4.17. The van der Waals surface area contributed by atoms with E-state index >= 15 is 0 Å². The van der Waals surface area contributed by atoms with Crippen molar-refractivity contribution >= 4 is 21.8 Å². The third-order valence-electron chi connectivity index (χ3n) is 2.83. The summed E-state index contributed by atoms with van der Waals surface area (Å²) >= 11 is 3.25. The van der Waals surface area contributed by atoms with Crippen LogP contribution in [0.2, 0.25) is 0 Å². The number of ether oxygens (including phenoxy) is 1. The molecule has 4 nitrogen and oxygen atoms in total. The molecule has 1 amide bonds. The van der Waals surface area contributed by atoms with Crippen molar-refractivity contribution in [2.24, 2.45) is 5.73 Å². The SMILES string of the molecule is NC(=O)c1cc(Br)ccc1O[C@@H]1CCNC[C@H]1F. The van der Waals surface area contributed by atoms with Gasteiger partial charge in [0.15, 0.2) is 0 Å². The monoisotopic (exact) mass is 316 g/mol. The fourth-order valence-electron chi connectivity index (χ4n) is 1.89. The van der Waals surface area contributed by atoms with Crippen LogP contribution < -0.4 is 15.8 Å². The summed E-state index contributed by atoms with van der Waals surface area (Å²) in [4.78, 5) is 11.3. The van der Waals surface area contributed by atoms with Crippen molar-refractivity contribution in [3.63, 3.8) is 0 Å². The molecule has 0 bridgehead atoms. The van der Waals surface area contributed by atoms with Crippen molar-refractivity contribution in [3.05, 3.63) is 28.2 Å². The lowest BCUT2D eigenvalue weighted by molar-refractivity contribution is 0.0713. The molecular weight excluding hydrogens is 303 g/mol. The molecule has 2 atom stereocenters. The highest BCUT2D eigenvalue weighted by Gasteiger charge is 2.27. The quantitative estimate of drug-likeness (QED) is 0.890. The maximum Gasteiger partial charge on any atom is 0.252 e. The minimum atomic E-state index is -1.08. The molecule has 3 N–H and O–H groups in total. The van der Waals surface area contributed by atoms with Gasteiger partial charge in [0.05, 0.1) is 5.56 Å². The molecule has 0 radical (unpaired) electrons. The topological polar surface area (TPSA) is 64.4 Å². The highest BCUT2D eigenvalue weighted by Crippen LogP contribution is 2.26. The molecule has 1 aromatic carbocycles. The number of nitrogens with two attached hydrogens (primary N) is 1. The first-order valence-corrected chi connectivity index (χ1v) is 6.48. The Balaban J connectivity index is 2.20. The first-order valence-electron chi connectivity index (χ1n) is 5.68. The minimum absolute atomic E-state index is 0.259. The summed E-state index contributed by atoms with van der Waals surface area (Å²) in [5, 5.41) is 2.94. The Morgan fingerprint density at radius 3 is 3.00 bits per heavy atom. The Morgan fingerprint density at radius 2 is 2.33 bits per heavy atom. The summed E-state index contributed by atoms with van der Waals surface area (Å²) in [5.41, 5.74) is 5.54. The van der Waals surface area contributed by atoms with E-state index in [2.05, 4.69) is 21.2 Å². The van der Waals surface area contributed by atoms with Gasteiger partial charge in [-0.15, -0.1) is 0 Å². The first-order chi connectivity index (χ1) is 8.58. The lowest BCUT2D eigenvalue weighted by Gasteiger charge is -2.28. The number of amides is 1. The Labute approximate surface area is 113 Å². The summed E-state index contributed by atoms with van der Waals surface area (Å²) in [7, 11) is 0. The molecule has 0 unspecified atom stereocenters. The van der Waals surface area contributed by atoms with E-state index in [0.717, 1.165) is 4.47 Å². The van der Waals surface area contributed by atoms with Gasteiger partial charge in [-0.25, -0.2) is 4.39 Å². The van der Waals surface area contributed by atoms with Crippen LogP contribution in [-0.4, -0.2) is 31.3 Å². The summed E-state index contributed by atoms with van der Waals surface area (Å²) < 4.78 is 19.9. The zero-order valence-electron chi connectivity index (χ0n) is 9.66. The van der Waals surface area contributed by atoms with E-state index in [-0.39, 0.29) is 12.1 Å². The number of carbonyl (C=O) groups is 1. The smallest absolute Gasteiger partial charge is 0.252 e. The molecule has 0 saturated carbocycles. The van der Waals surface area contributed by atoms with Crippen molar-refractivity contribution in [1.82, 2.24) is 5.32 Å². The number of hydrogen-bond acceptors (Lipinski definition) is 3. The summed E-state index contributed by atoms with van der Waals surface area (Å²) in [5.74, 6) is -0.254. The summed E-state index contributed by atoms with van der Waals surface area (Å²) in [6.07, 6.45) is -1.05.